The molecule has 3 aromatic carbocycles. The lowest BCUT2D eigenvalue weighted by Gasteiger charge is -2.12. The lowest BCUT2D eigenvalue weighted by atomic mass is 10.0. The van der Waals surface area contributed by atoms with Crippen LogP contribution < -0.4 is 5.32 Å². The first-order valence-corrected chi connectivity index (χ1v) is 7.26. The summed E-state index contributed by atoms with van der Waals surface area (Å²) in [6.45, 7) is 0. The van der Waals surface area contributed by atoms with Crippen molar-refractivity contribution in [3.63, 3.8) is 0 Å². The number of anilines is 2. The van der Waals surface area contributed by atoms with E-state index < -0.39 is 5.97 Å². The van der Waals surface area contributed by atoms with Crippen LogP contribution in [0.15, 0.2) is 66.7 Å². The number of phenolic OH excluding ortho intramolecular Hbond substituents is 2. The highest BCUT2D eigenvalue weighted by atomic mass is 16.4. The van der Waals surface area contributed by atoms with Crippen LogP contribution in [0.5, 0.6) is 11.5 Å². The fourth-order valence-electron chi connectivity index (χ4n) is 2.44. The van der Waals surface area contributed by atoms with Crippen LogP contribution in [0.4, 0.5) is 11.4 Å². The minimum absolute atomic E-state index is 0.0843. The number of carboxylic acid groups (broad SMARTS) is 1. The van der Waals surface area contributed by atoms with E-state index in [-0.39, 0.29) is 17.1 Å². The van der Waals surface area contributed by atoms with Crippen molar-refractivity contribution < 1.29 is 20.1 Å². The number of aromatic hydroxyl groups is 2. The van der Waals surface area contributed by atoms with E-state index in [0.29, 0.717) is 11.4 Å². The monoisotopic (exact) mass is 321 g/mol. The van der Waals surface area contributed by atoms with Gasteiger partial charge in [0.15, 0.2) is 0 Å². The Morgan fingerprint density at radius 1 is 0.792 bits per heavy atom. The fourth-order valence-corrected chi connectivity index (χ4v) is 2.44. The molecule has 0 spiro atoms. The topological polar surface area (TPSA) is 89.8 Å². The third kappa shape index (κ3) is 3.30. The van der Waals surface area contributed by atoms with Crippen LogP contribution in [-0.2, 0) is 0 Å². The molecule has 0 aliphatic heterocycles. The number of phenols is 2. The summed E-state index contributed by atoms with van der Waals surface area (Å²) < 4.78 is 0. The van der Waals surface area contributed by atoms with Gasteiger partial charge in [-0.05, 0) is 47.5 Å². The molecule has 5 nitrogen and oxygen atoms in total. The Bertz CT molecular complexity index is 905. The maximum Gasteiger partial charge on any atom is 0.337 e. The SMILES string of the molecule is O=C(O)c1ccc(-c2cccc(O)c2)cc1Nc1cccc(O)c1. The summed E-state index contributed by atoms with van der Waals surface area (Å²) in [6, 6.07) is 18.0. The standard InChI is InChI=1S/C19H15NO4/c21-15-5-1-3-12(9-15)13-7-8-17(19(23)24)18(10-13)20-14-4-2-6-16(22)11-14/h1-11,20-22H,(H,23,24). The van der Waals surface area contributed by atoms with Gasteiger partial charge in [-0.3, -0.25) is 0 Å². The van der Waals surface area contributed by atoms with Gasteiger partial charge in [0.25, 0.3) is 0 Å². The molecule has 4 N–H and O–H groups in total. The van der Waals surface area contributed by atoms with Crippen molar-refractivity contribution in [1.29, 1.82) is 0 Å². The molecule has 3 aromatic rings. The zero-order valence-corrected chi connectivity index (χ0v) is 12.6. The van der Waals surface area contributed by atoms with Gasteiger partial charge in [-0.2, -0.15) is 0 Å². The normalized spacial score (nSPS) is 10.3. The fraction of sp³-hybridized carbons (Fsp3) is 0. The lowest BCUT2D eigenvalue weighted by Crippen LogP contribution is -2.03. The number of nitrogens with one attached hydrogen (secondary N) is 1. The Hall–Kier alpha value is -3.47. The van der Waals surface area contributed by atoms with E-state index >= 15 is 0 Å². The predicted octanol–water partition coefficient (Wildman–Crippen LogP) is 4.21. The highest BCUT2D eigenvalue weighted by Gasteiger charge is 2.12. The molecule has 120 valence electrons. The van der Waals surface area contributed by atoms with Gasteiger partial charge >= 0.3 is 5.97 Å². The second-order valence-electron chi connectivity index (χ2n) is 5.29. The lowest BCUT2D eigenvalue weighted by molar-refractivity contribution is 0.0698. The molecular formula is C19H15NO4. The first-order valence-electron chi connectivity index (χ1n) is 7.26. The first-order chi connectivity index (χ1) is 11.5. The number of carbonyl (C=O) groups is 1. The molecule has 0 bridgehead atoms. The van der Waals surface area contributed by atoms with Crippen molar-refractivity contribution >= 4 is 17.3 Å². The number of benzene rings is 3. The van der Waals surface area contributed by atoms with E-state index in [4.69, 9.17) is 0 Å². The molecule has 0 atom stereocenters. The Morgan fingerprint density at radius 3 is 2.12 bits per heavy atom. The van der Waals surface area contributed by atoms with Gasteiger partial charge in [0.05, 0.1) is 11.3 Å². The Balaban J connectivity index is 2.05. The zero-order chi connectivity index (χ0) is 17.1. The van der Waals surface area contributed by atoms with Crippen molar-refractivity contribution in [2.45, 2.75) is 0 Å². The summed E-state index contributed by atoms with van der Waals surface area (Å²) in [6.07, 6.45) is 0. The maximum absolute atomic E-state index is 11.5. The minimum Gasteiger partial charge on any atom is -0.508 e. The van der Waals surface area contributed by atoms with E-state index in [0.717, 1.165) is 11.1 Å². The second-order valence-corrected chi connectivity index (χ2v) is 5.29. The molecule has 0 fully saturated rings. The van der Waals surface area contributed by atoms with Crippen molar-refractivity contribution in [3.05, 3.63) is 72.3 Å². The molecule has 3 rings (SSSR count). The molecule has 0 aliphatic rings. The van der Waals surface area contributed by atoms with Crippen LogP contribution >= 0.6 is 0 Å². The zero-order valence-electron chi connectivity index (χ0n) is 12.6. The molecule has 0 saturated heterocycles. The van der Waals surface area contributed by atoms with Gasteiger partial charge < -0.3 is 20.6 Å². The molecule has 0 radical (unpaired) electrons. The summed E-state index contributed by atoms with van der Waals surface area (Å²) in [5, 5.41) is 31.6. The van der Waals surface area contributed by atoms with Crippen molar-refractivity contribution in [2.24, 2.45) is 0 Å². The van der Waals surface area contributed by atoms with Crippen molar-refractivity contribution in [2.75, 3.05) is 5.32 Å². The summed E-state index contributed by atoms with van der Waals surface area (Å²) in [5.74, 6) is -0.835. The quantitative estimate of drug-likeness (QED) is 0.578. The molecule has 0 aromatic heterocycles. The minimum atomic E-state index is -1.06. The van der Waals surface area contributed by atoms with Crippen molar-refractivity contribution in [3.8, 4) is 22.6 Å². The largest absolute Gasteiger partial charge is 0.508 e. The summed E-state index contributed by atoms with van der Waals surface area (Å²) >= 11 is 0. The van der Waals surface area contributed by atoms with Gasteiger partial charge in [-0.25, -0.2) is 4.79 Å². The van der Waals surface area contributed by atoms with Gasteiger partial charge in [0, 0.05) is 11.8 Å². The van der Waals surface area contributed by atoms with E-state index in [1.807, 2.05) is 6.07 Å². The molecule has 0 amide bonds. The van der Waals surface area contributed by atoms with Crippen LogP contribution in [0.25, 0.3) is 11.1 Å². The van der Waals surface area contributed by atoms with Crippen LogP contribution in [0.2, 0.25) is 0 Å². The molecule has 0 heterocycles. The van der Waals surface area contributed by atoms with Crippen molar-refractivity contribution in [1.82, 2.24) is 0 Å². The molecule has 0 aliphatic carbocycles. The van der Waals surface area contributed by atoms with Gasteiger partial charge in [-0.1, -0.05) is 24.3 Å². The maximum atomic E-state index is 11.5. The third-order valence-electron chi connectivity index (χ3n) is 3.55. The van der Waals surface area contributed by atoms with E-state index in [1.54, 1.807) is 42.5 Å². The second kappa shape index (κ2) is 6.34. The predicted molar refractivity (Wildman–Crippen MR) is 91.9 cm³/mol. The molecule has 0 unspecified atom stereocenters. The Kier molecular flexibility index (Phi) is 4.07. The number of hydrogen-bond donors (Lipinski definition) is 4. The summed E-state index contributed by atoms with van der Waals surface area (Å²) in [4.78, 5) is 11.5. The van der Waals surface area contributed by atoms with E-state index in [1.165, 1.54) is 18.2 Å². The first kappa shape index (κ1) is 15.4. The summed E-state index contributed by atoms with van der Waals surface area (Å²) in [7, 11) is 0. The van der Waals surface area contributed by atoms with Gasteiger partial charge in [0.2, 0.25) is 0 Å². The number of rotatable bonds is 4. The van der Waals surface area contributed by atoms with Crippen LogP contribution in [0, 0.1) is 0 Å². The number of aromatic carboxylic acids is 1. The van der Waals surface area contributed by atoms with Crippen LogP contribution in [0.3, 0.4) is 0 Å². The highest BCUT2D eigenvalue weighted by Crippen LogP contribution is 2.30. The molecule has 0 saturated carbocycles. The number of carboxylic acids is 1. The molecule has 5 heteroatoms. The number of hydrogen-bond acceptors (Lipinski definition) is 4. The Labute approximate surface area is 138 Å². The van der Waals surface area contributed by atoms with Gasteiger partial charge in [-0.15, -0.1) is 0 Å². The third-order valence-corrected chi connectivity index (χ3v) is 3.55. The van der Waals surface area contributed by atoms with Gasteiger partial charge in [0.1, 0.15) is 11.5 Å². The van der Waals surface area contributed by atoms with Crippen LogP contribution in [-0.4, -0.2) is 21.3 Å². The molecular weight excluding hydrogens is 306 g/mol. The van der Waals surface area contributed by atoms with E-state index in [9.17, 15) is 20.1 Å². The van der Waals surface area contributed by atoms with Crippen LogP contribution in [0.1, 0.15) is 10.4 Å². The average molecular weight is 321 g/mol. The smallest absolute Gasteiger partial charge is 0.337 e. The summed E-state index contributed by atoms with van der Waals surface area (Å²) in [5.41, 5.74) is 2.62. The highest BCUT2D eigenvalue weighted by molar-refractivity contribution is 5.96. The molecule has 24 heavy (non-hydrogen) atoms. The Morgan fingerprint density at radius 2 is 1.46 bits per heavy atom. The van der Waals surface area contributed by atoms with E-state index in [2.05, 4.69) is 5.32 Å². The average Bonchev–Trinajstić information content (AvgIpc) is 2.54.